The van der Waals surface area contributed by atoms with E-state index in [2.05, 4.69) is 32.9 Å². The molecule has 0 atom stereocenters. The van der Waals surface area contributed by atoms with Gasteiger partial charge in [-0.1, -0.05) is 63.5 Å². The monoisotopic (exact) mass is 281 g/mol. The molecule has 0 fully saturated rings. The van der Waals surface area contributed by atoms with Gasteiger partial charge in [0.25, 0.3) is 0 Å². The van der Waals surface area contributed by atoms with Gasteiger partial charge in [0.2, 0.25) is 5.91 Å². The molecule has 0 aliphatic heterocycles. The second-order valence-electron chi connectivity index (χ2n) is 5.18. The minimum atomic E-state index is 0.0674. The van der Waals surface area contributed by atoms with Crippen molar-refractivity contribution in [3.63, 3.8) is 0 Å². The minimum Gasteiger partial charge on any atom is -0.349 e. The Balaban J connectivity index is 1.84. The van der Waals surface area contributed by atoms with Gasteiger partial charge in [-0.25, -0.2) is 0 Å². The van der Waals surface area contributed by atoms with Crippen molar-refractivity contribution in [3.05, 3.63) is 5.82 Å². The number of tetrazole rings is 1. The van der Waals surface area contributed by atoms with Crippen LogP contribution in [0.15, 0.2) is 0 Å². The van der Waals surface area contributed by atoms with Crippen LogP contribution in [0.25, 0.3) is 0 Å². The van der Waals surface area contributed by atoms with Crippen LogP contribution in [0.5, 0.6) is 0 Å². The number of hydrogen-bond donors (Lipinski definition) is 2. The van der Waals surface area contributed by atoms with Crippen molar-refractivity contribution in [3.8, 4) is 0 Å². The number of carbonyl (C=O) groups is 1. The average Bonchev–Trinajstić information content (AvgIpc) is 2.96. The smallest absolute Gasteiger partial charge is 0.220 e. The lowest BCUT2D eigenvalue weighted by molar-refractivity contribution is -0.121. The highest BCUT2D eigenvalue weighted by Crippen LogP contribution is 2.10. The first-order valence-electron chi connectivity index (χ1n) is 7.82. The van der Waals surface area contributed by atoms with E-state index >= 15 is 0 Å². The van der Waals surface area contributed by atoms with Crippen molar-refractivity contribution in [2.75, 3.05) is 0 Å². The van der Waals surface area contributed by atoms with E-state index in [4.69, 9.17) is 0 Å². The molecule has 20 heavy (non-hydrogen) atoms. The number of unbranched alkanes of at least 4 members (excludes halogenated alkanes) is 8. The fourth-order valence-electron chi connectivity index (χ4n) is 2.12. The Bertz CT molecular complexity index is 339. The highest BCUT2D eigenvalue weighted by molar-refractivity contribution is 5.75. The number of nitrogens with one attached hydrogen (secondary N) is 2. The average molecular weight is 281 g/mol. The predicted octanol–water partition coefficient (Wildman–Crippen LogP) is 2.74. The number of aromatic nitrogens is 4. The fraction of sp³-hybridized carbons (Fsp3) is 0.857. The van der Waals surface area contributed by atoms with Gasteiger partial charge in [-0.2, -0.15) is 5.21 Å². The zero-order valence-electron chi connectivity index (χ0n) is 12.5. The SMILES string of the molecule is CCCCCCCCCCCC(=O)NCc1nn[nH]n1. The van der Waals surface area contributed by atoms with E-state index in [0.29, 0.717) is 18.8 Å². The topological polar surface area (TPSA) is 83.6 Å². The summed E-state index contributed by atoms with van der Waals surface area (Å²) in [5.41, 5.74) is 0. The van der Waals surface area contributed by atoms with Gasteiger partial charge < -0.3 is 5.32 Å². The van der Waals surface area contributed by atoms with Gasteiger partial charge in [0.05, 0.1) is 6.54 Å². The number of aromatic amines is 1. The maximum absolute atomic E-state index is 11.5. The predicted molar refractivity (Wildman–Crippen MR) is 77.9 cm³/mol. The molecule has 1 heterocycles. The first kappa shape index (κ1) is 16.6. The van der Waals surface area contributed by atoms with Crippen molar-refractivity contribution < 1.29 is 4.79 Å². The van der Waals surface area contributed by atoms with Crippen molar-refractivity contribution in [1.29, 1.82) is 0 Å². The number of hydrogen-bond acceptors (Lipinski definition) is 4. The van der Waals surface area contributed by atoms with E-state index in [0.717, 1.165) is 12.8 Å². The Morgan fingerprint density at radius 2 is 1.70 bits per heavy atom. The second-order valence-corrected chi connectivity index (χ2v) is 5.18. The molecular formula is C14H27N5O. The van der Waals surface area contributed by atoms with Crippen LogP contribution >= 0.6 is 0 Å². The molecule has 0 spiro atoms. The summed E-state index contributed by atoms with van der Waals surface area (Å²) in [6, 6.07) is 0. The first-order chi connectivity index (χ1) is 9.83. The molecule has 0 saturated heterocycles. The van der Waals surface area contributed by atoms with E-state index in [1.165, 1.54) is 44.9 Å². The largest absolute Gasteiger partial charge is 0.349 e. The summed E-state index contributed by atoms with van der Waals surface area (Å²) >= 11 is 0. The molecule has 0 bridgehead atoms. The van der Waals surface area contributed by atoms with Gasteiger partial charge in [-0.3, -0.25) is 4.79 Å². The van der Waals surface area contributed by atoms with Gasteiger partial charge in [0.1, 0.15) is 0 Å². The summed E-state index contributed by atoms with van der Waals surface area (Å²) in [5, 5.41) is 16.1. The lowest BCUT2D eigenvalue weighted by Gasteiger charge is -2.03. The zero-order valence-corrected chi connectivity index (χ0v) is 12.5. The third kappa shape index (κ3) is 8.61. The molecule has 0 aliphatic rings. The van der Waals surface area contributed by atoms with Crippen molar-refractivity contribution in [1.82, 2.24) is 25.9 Å². The fourth-order valence-corrected chi connectivity index (χ4v) is 2.12. The van der Waals surface area contributed by atoms with E-state index in [1.807, 2.05) is 0 Å². The molecule has 114 valence electrons. The molecule has 0 unspecified atom stereocenters. The molecule has 1 rings (SSSR count). The number of carbonyl (C=O) groups excluding carboxylic acids is 1. The van der Waals surface area contributed by atoms with Gasteiger partial charge in [-0.15, -0.1) is 10.2 Å². The molecule has 0 aliphatic carbocycles. The van der Waals surface area contributed by atoms with Crippen LogP contribution in [-0.2, 0) is 11.3 Å². The molecule has 0 radical (unpaired) electrons. The van der Waals surface area contributed by atoms with Gasteiger partial charge in [0.15, 0.2) is 5.82 Å². The molecule has 0 aromatic carbocycles. The second kappa shape index (κ2) is 11.4. The van der Waals surface area contributed by atoms with Gasteiger partial charge in [0, 0.05) is 6.42 Å². The summed E-state index contributed by atoms with van der Waals surface area (Å²) < 4.78 is 0. The Labute approximate surface area is 121 Å². The lowest BCUT2D eigenvalue weighted by atomic mass is 10.1. The van der Waals surface area contributed by atoms with Gasteiger partial charge in [-0.05, 0) is 6.42 Å². The van der Waals surface area contributed by atoms with Crippen LogP contribution in [0.1, 0.15) is 77.0 Å². The molecule has 6 nitrogen and oxygen atoms in total. The zero-order chi connectivity index (χ0) is 14.5. The number of nitrogens with zero attached hydrogens (tertiary/aromatic N) is 3. The van der Waals surface area contributed by atoms with E-state index < -0.39 is 0 Å². The lowest BCUT2D eigenvalue weighted by Crippen LogP contribution is -2.23. The number of amides is 1. The quantitative estimate of drug-likeness (QED) is 0.577. The Morgan fingerprint density at radius 1 is 1.05 bits per heavy atom. The van der Waals surface area contributed by atoms with Crippen LogP contribution in [0.3, 0.4) is 0 Å². The molecular weight excluding hydrogens is 254 g/mol. The highest BCUT2D eigenvalue weighted by Gasteiger charge is 2.03. The van der Waals surface area contributed by atoms with Crippen LogP contribution in [0.4, 0.5) is 0 Å². The van der Waals surface area contributed by atoms with Crippen molar-refractivity contribution in [2.45, 2.75) is 77.7 Å². The summed E-state index contributed by atoms with van der Waals surface area (Å²) in [6.45, 7) is 2.59. The number of H-pyrrole nitrogens is 1. The van der Waals surface area contributed by atoms with Gasteiger partial charge >= 0.3 is 0 Å². The standard InChI is InChI=1S/C14H27N5O/c1-2-3-4-5-6-7-8-9-10-11-14(20)15-12-13-16-18-19-17-13/h2-12H2,1H3,(H,15,20)(H,16,17,18,19). The Hall–Kier alpha value is -1.46. The molecule has 1 amide bonds. The van der Waals surface area contributed by atoms with Crippen LogP contribution < -0.4 is 5.32 Å². The van der Waals surface area contributed by atoms with E-state index in [1.54, 1.807) is 0 Å². The summed E-state index contributed by atoms with van der Waals surface area (Å²) in [5.74, 6) is 0.586. The summed E-state index contributed by atoms with van der Waals surface area (Å²) in [4.78, 5) is 11.5. The third-order valence-corrected chi connectivity index (χ3v) is 3.34. The minimum absolute atomic E-state index is 0.0674. The number of rotatable bonds is 12. The van der Waals surface area contributed by atoms with Crippen LogP contribution in [0.2, 0.25) is 0 Å². The third-order valence-electron chi connectivity index (χ3n) is 3.34. The molecule has 1 aromatic rings. The Kier molecular flexibility index (Phi) is 9.44. The first-order valence-corrected chi connectivity index (χ1v) is 7.82. The molecule has 2 N–H and O–H groups in total. The molecule has 1 aromatic heterocycles. The van der Waals surface area contributed by atoms with E-state index in [-0.39, 0.29) is 5.91 Å². The Morgan fingerprint density at radius 3 is 2.30 bits per heavy atom. The maximum atomic E-state index is 11.5. The van der Waals surface area contributed by atoms with Crippen molar-refractivity contribution >= 4 is 5.91 Å². The van der Waals surface area contributed by atoms with Crippen LogP contribution in [-0.4, -0.2) is 26.5 Å². The van der Waals surface area contributed by atoms with E-state index in [9.17, 15) is 4.79 Å². The molecule has 0 saturated carbocycles. The normalized spacial score (nSPS) is 10.7. The molecule has 6 heteroatoms. The van der Waals surface area contributed by atoms with Crippen molar-refractivity contribution in [2.24, 2.45) is 0 Å². The summed E-state index contributed by atoms with van der Waals surface area (Å²) in [7, 11) is 0. The van der Waals surface area contributed by atoms with Crippen LogP contribution in [0, 0.1) is 0 Å². The summed E-state index contributed by atoms with van der Waals surface area (Å²) in [6.07, 6.45) is 12.0. The highest BCUT2D eigenvalue weighted by atomic mass is 16.1. The maximum Gasteiger partial charge on any atom is 0.220 e.